The summed E-state index contributed by atoms with van der Waals surface area (Å²) in [5, 5.41) is 1.18. The number of hydrogen-bond donors (Lipinski definition) is 2. The summed E-state index contributed by atoms with van der Waals surface area (Å²) in [6.07, 6.45) is 15.6. The molecule has 7 rings (SSSR count). The van der Waals surface area contributed by atoms with Crippen molar-refractivity contribution in [2.24, 2.45) is 46.8 Å². The van der Waals surface area contributed by atoms with Gasteiger partial charge in [0.1, 0.15) is 0 Å². The van der Waals surface area contributed by atoms with Crippen molar-refractivity contribution in [3.05, 3.63) is 35.9 Å². The second kappa shape index (κ2) is 15.6. The van der Waals surface area contributed by atoms with Gasteiger partial charge in [-0.2, -0.15) is 12.6 Å². The third-order valence-electron chi connectivity index (χ3n) is 15.6. The smallest absolute Gasteiger partial charge is 0.0345 e. The van der Waals surface area contributed by atoms with E-state index in [0.29, 0.717) is 21.8 Å². The Bertz CT molecular complexity index is 1160. The number of thiol groups is 2. The highest BCUT2D eigenvalue weighted by atomic mass is 33.1. The second-order valence-electron chi connectivity index (χ2n) is 18.7. The van der Waals surface area contributed by atoms with Crippen LogP contribution in [0, 0.1) is 46.8 Å². The first-order valence-corrected chi connectivity index (χ1v) is 22.8. The van der Waals surface area contributed by atoms with E-state index in [-0.39, 0.29) is 0 Å². The van der Waals surface area contributed by atoms with Crippen molar-refractivity contribution in [1.82, 2.24) is 14.7 Å². The molecular formula is C42H69N3S3. The molecule has 6 aliphatic rings. The highest BCUT2D eigenvalue weighted by Crippen LogP contribution is 2.55. The lowest BCUT2D eigenvalue weighted by molar-refractivity contribution is -0.0814. The Kier molecular flexibility index (Phi) is 11.9. The maximum atomic E-state index is 5.17. The number of hydrogen-bond acceptors (Lipinski definition) is 6. The zero-order valence-corrected chi connectivity index (χ0v) is 33.7. The monoisotopic (exact) mass is 711 g/mol. The lowest BCUT2D eigenvalue weighted by Crippen LogP contribution is -2.58. The molecular weight excluding hydrogens is 643 g/mol. The van der Waals surface area contributed by atoms with E-state index in [2.05, 4.69) is 79.7 Å². The van der Waals surface area contributed by atoms with Gasteiger partial charge in [0.05, 0.1) is 0 Å². The average molecular weight is 712 g/mol. The van der Waals surface area contributed by atoms with Gasteiger partial charge in [-0.05, 0) is 142 Å². The van der Waals surface area contributed by atoms with E-state index in [0.717, 1.165) is 59.6 Å². The lowest BCUT2D eigenvalue weighted by atomic mass is 9.54. The number of piperidine rings is 3. The molecule has 1 aromatic rings. The van der Waals surface area contributed by atoms with Crippen LogP contribution in [-0.2, 0) is 0 Å². The minimum absolute atomic E-state index is 0.437. The van der Waals surface area contributed by atoms with Crippen LogP contribution in [0.4, 0.5) is 0 Å². The first-order chi connectivity index (χ1) is 23.1. The summed E-state index contributed by atoms with van der Waals surface area (Å²) in [6, 6.07) is 13.7. The number of likely N-dealkylation sites (tertiary alicyclic amines) is 3. The first-order valence-electron chi connectivity index (χ1n) is 20.4. The summed E-state index contributed by atoms with van der Waals surface area (Å²) in [5.74, 6) is 6.59. The zero-order chi connectivity index (χ0) is 33.6. The van der Waals surface area contributed by atoms with Crippen molar-refractivity contribution in [3.63, 3.8) is 0 Å². The van der Waals surface area contributed by atoms with Crippen LogP contribution < -0.4 is 0 Å². The van der Waals surface area contributed by atoms with Gasteiger partial charge in [0.25, 0.3) is 0 Å². The molecule has 3 nitrogen and oxygen atoms in total. The molecule has 0 radical (unpaired) electrons. The van der Waals surface area contributed by atoms with Crippen molar-refractivity contribution < 1.29 is 0 Å². The highest BCUT2D eigenvalue weighted by Gasteiger charge is 2.51. The van der Waals surface area contributed by atoms with Crippen molar-refractivity contribution >= 4 is 35.1 Å². The Morgan fingerprint density at radius 1 is 0.771 bits per heavy atom. The van der Waals surface area contributed by atoms with Gasteiger partial charge in [0, 0.05) is 48.3 Å². The molecule has 0 spiro atoms. The summed E-state index contributed by atoms with van der Waals surface area (Å²) in [6.45, 7) is 20.7. The highest BCUT2D eigenvalue weighted by molar-refractivity contribution is 8.68. The summed E-state index contributed by atoms with van der Waals surface area (Å²) in [4.78, 5) is 8.59. The summed E-state index contributed by atoms with van der Waals surface area (Å²) in [7, 11) is 1.80. The van der Waals surface area contributed by atoms with Crippen molar-refractivity contribution in [1.29, 1.82) is 0 Å². The van der Waals surface area contributed by atoms with Gasteiger partial charge in [-0.25, -0.2) is 0 Å². The number of benzene rings is 1. The molecule has 3 saturated heterocycles. The first kappa shape index (κ1) is 36.5. The van der Waals surface area contributed by atoms with Gasteiger partial charge in [-0.1, -0.05) is 82.2 Å². The predicted molar refractivity (Wildman–Crippen MR) is 214 cm³/mol. The largest absolute Gasteiger partial charge is 0.300 e. The zero-order valence-electron chi connectivity index (χ0n) is 31.1. The molecule has 6 heteroatoms. The third kappa shape index (κ3) is 7.61. The quantitative estimate of drug-likeness (QED) is 0.175. The number of nitrogens with zero attached hydrogens (tertiary/aromatic N) is 3. The van der Waals surface area contributed by atoms with E-state index in [4.69, 9.17) is 24.3 Å². The van der Waals surface area contributed by atoms with Crippen molar-refractivity contribution in [2.45, 2.75) is 140 Å². The van der Waals surface area contributed by atoms with E-state index in [1.165, 1.54) is 115 Å². The molecule has 48 heavy (non-hydrogen) atoms. The van der Waals surface area contributed by atoms with Crippen molar-refractivity contribution in [3.8, 4) is 0 Å². The minimum atomic E-state index is 0.437. The summed E-state index contributed by atoms with van der Waals surface area (Å²) in [5.41, 5.74) is 1.95. The van der Waals surface area contributed by atoms with Gasteiger partial charge in [0.15, 0.2) is 0 Å². The molecule has 6 fully saturated rings. The van der Waals surface area contributed by atoms with Gasteiger partial charge >= 0.3 is 0 Å². The fraction of sp³-hybridized carbons (Fsp3) is 0.857. The molecule has 2 unspecified atom stereocenters. The Balaban J connectivity index is 0.865. The van der Waals surface area contributed by atoms with Gasteiger partial charge in [-0.15, -0.1) is 11.7 Å². The topological polar surface area (TPSA) is 9.72 Å². The van der Waals surface area contributed by atoms with E-state index in [1.807, 2.05) is 0 Å². The van der Waals surface area contributed by atoms with E-state index < -0.39 is 0 Å². The van der Waals surface area contributed by atoms with Crippen LogP contribution >= 0.6 is 35.1 Å². The SMILES string of the molecule is CC(C)[C@H]1CN(C2CC(C[C@@H](C)C3CCN(C4CCC4)C[C@@H]3S)C2)CC[C@@H]1C(C)(C)C1CC(N2CCC(c3ccccc3)[C@@H](SS)C2)C1. The maximum Gasteiger partial charge on any atom is 0.0345 e. The maximum absolute atomic E-state index is 5.17. The fourth-order valence-electron chi connectivity index (χ4n) is 11.8. The Morgan fingerprint density at radius 2 is 1.42 bits per heavy atom. The molecule has 3 aliphatic heterocycles. The van der Waals surface area contributed by atoms with Gasteiger partial charge < -0.3 is 4.90 Å². The van der Waals surface area contributed by atoms with E-state index in [9.17, 15) is 0 Å². The van der Waals surface area contributed by atoms with Crippen LogP contribution in [-0.4, -0.2) is 82.6 Å². The van der Waals surface area contributed by atoms with Crippen LogP contribution in [0.25, 0.3) is 0 Å². The molecule has 0 bridgehead atoms. The van der Waals surface area contributed by atoms with Crippen molar-refractivity contribution in [2.75, 3.05) is 39.3 Å². The molecule has 0 amide bonds. The lowest BCUT2D eigenvalue weighted by Gasteiger charge is -2.58. The molecule has 3 saturated carbocycles. The Morgan fingerprint density at radius 3 is 2.06 bits per heavy atom. The average Bonchev–Trinajstić information content (AvgIpc) is 3.01. The third-order valence-corrected chi connectivity index (χ3v) is 17.7. The minimum Gasteiger partial charge on any atom is -0.300 e. The molecule has 0 aromatic heterocycles. The molecule has 270 valence electrons. The van der Waals surface area contributed by atoms with Crippen LogP contribution in [0.15, 0.2) is 30.3 Å². The van der Waals surface area contributed by atoms with E-state index in [1.54, 1.807) is 10.8 Å². The van der Waals surface area contributed by atoms with Crippen LogP contribution in [0.1, 0.15) is 117 Å². The Labute approximate surface area is 310 Å². The molecule has 3 heterocycles. The second-order valence-corrected chi connectivity index (χ2v) is 20.8. The molecule has 1 aromatic carbocycles. The predicted octanol–water partition coefficient (Wildman–Crippen LogP) is 9.80. The summed E-state index contributed by atoms with van der Waals surface area (Å²) < 4.78 is 0. The molecule has 7 atom stereocenters. The van der Waals surface area contributed by atoms with Crippen LogP contribution in [0.5, 0.6) is 0 Å². The van der Waals surface area contributed by atoms with E-state index >= 15 is 0 Å². The molecule has 3 aliphatic carbocycles. The van der Waals surface area contributed by atoms with Crippen LogP contribution in [0.2, 0.25) is 0 Å². The summed E-state index contributed by atoms with van der Waals surface area (Å²) >= 11 is 9.93. The normalized spacial score (nSPS) is 39.8. The Hall–Kier alpha value is 0.150. The number of rotatable bonds is 11. The van der Waals surface area contributed by atoms with Crippen LogP contribution in [0.3, 0.4) is 0 Å². The molecule has 0 N–H and O–H groups in total. The fourth-order valence-corrected chi connectivity index (χ4v) is 13.8. The van der Waals surface area contributed by atoms with Gasteiger partial charge in [-0.3, -0.25) is 9.80 Å². The van der Waals surface area contributed by atoms with Gasteiger partial charge in [0.2, 0.25) is 0 Å². The standard InChI is InChI=1S/C42H69N3S3/c1-28(2)38-25-43(34-21-30(22-34)20-29(3)36-14-17-44(26-40(36)46)33-12-9-13-33)19-16-39(38)42(4,5)32-23-35(24-32)45-18-15-37(41(27-45)48-47)31-10-7-6-8-11-31/h6-8,10-11,28-30,32-41,46-47H,9,12-27H2,1-5H3/t29-,30?,32?,34?,35?,36?,37?,38-,39+,40+,41+/m1/s1.